The summed E-state index contributed by atoms with van der Waals surface area (Å²) in [7, 11) is 0. The Labute approximate surface area is 116 Å². The Morgan fingerprint density at radius 1 is 1.10 bits per heavy atom. The summed E-state index contributed by atoms with van der Waals surface area (Å²) < 4.78 is 19.8. The number of hydrogen-bond acceptors (Lipinski definition) is 7. The summed E-state index contributed by atoms with van der Waals surface area (Å²) >= 11 is 0. The van der Waals surface area contributed by atoms with Crippen LogP contribution in [0.4, 0.5) is 0 Å². The Hall–Kier alpha value is -2.05. The van der Waals surface area contributed by atoms with Gasteiger partial charge in [0.1, 0.15) is 5.57 Å². The van der Waals surface area contributed by atoms with Crippen LogP contribution in [0.5, 0.6) is 0 Å². The number of esters is 3. The van der Waals surface area contributed by atoms with E-state index in [0.717, 1.165) is 0 Å². The number of ether oxygens (including phenoxy) is 4. The van der Waals surface area contributed by atoms with Crippen molar-refractivity contribution in [2.24, 2.45) is 0 Å². The molecule has 0 aliphatic carbocycles. The van der Waals surface area contributed by atoms with Crippen molar-refractivity contribution in [3.63, 3.8) is 0 Å². The SMILES string of the molecule is CCOC(=O)C1=C(OCC)C(=O)OC1(C)C(=O)OCC. The van der Waals surface area contributed by atoms with E-state index in [1.54, 1.807) is 20.8 Å². The molecule has 1 rings (SSSR count). The monoisotopic (exact) mass is 286 g/mol. The van der Waals surface area contributed by atoms with Crippen molar-refractivity contribution >= 4 is 17.9 Å². The van der Waals surface area contributed by atoms with Gasteiger partial charge in [0.2, 0.25) is 11.4 Å². The fourth-order valence-corrected chi connectivity index (χ4v) is 1.78. The van der Waals surface area contributed by atoms with E-state index in [4.69, 9.17) is 18.9 Å². The van der Waals surface area contributed by atoms with Crippen molar-refractivity contribution in [1.29, 1.82) is 0 Å². The maximum absolute atomic E-state index is 12.0. The lowest BCUT2D eigenvalue weighted by Gasteiger charge is -2.22. The second-order valence-corrected chi connectivity index (χ2v) is 4.00. The highest BCUT2D eigenvalue weighted by Crippen LogP contribution is 2.35. The second-order valence-electron chi connectivity index (χ2n) is 4.00. The Balaban J connectivity index is 3.28. The van der Waals surface area contributed by atoms with Gasteiger partial charge in [0.25, 0.3) is 0 Å². The third-order valence-corrected chi connectivity index (χ3v) is 2.62. The minimum Gasteiger partial charge on any atom is -0.486 e. The van der Waals surface area contributed by atoms with Crippen LogP contribution in [0.1, 0.15) is 27.7 Å². The topological polar surface area (TPSA) is 88.1 Å². The van der Waals surface area contributed by atoms with Gasteiger partial charge in [-0.15, -0.1) is 0 Å². The van der Waals surface area contributed by atoms with E-state index < -0.39 is 23.5 Å². The van der Waals surface area contributed by atoms with Crippen LogP contribution in [-0.4, -0.2) is 43.3 Å². The molecule has 0 saturated carbocycles. The van der Waals surface area contributed by atoms with Crippen molar-refractivity contribution in [3.05, 3.63) is 11.3 Å². The first kappa shape index (κ1) is 16.0. The average molecular weight is 286 g/mol. The third kappa shape index (κ3) is 2.76. The highest BCUT2D eigenvalue weighted by molar-refractivity contribution is 6.10. The Kier molecular flexibility index (Phi) is 5.12. The minimum absolute atomic E-state index is 0.0893. The van der Waals surface area contributed by atoms with Gasteiger partial charge in [-0.25, -0.2) is 14.4 Å². The average Bonchev–Trinajstić information content (AvgIpc) is 2.63. The van der Waals surface area contributed by atoms with Crippen molar-refractivity contribution in [2.75, 3.05) is 19.8 Å². The summed E-state index contributed by atoms with van der Waals surface area (Å²) in [6.07, 6.45) is 0. The van der Waals surface area contributed by atoms with E-state index in [1.165, 1.54) is 6.92 Å². The van der Waals surface area contributed by atoms with Gasteiger partial charge in [-0.2, -0.15) is 0 Å². The highest BCUT2D eigenvalue weighted by atomic mass is 16.6. The molecule has 1 atom stereocenters. The standard InChI is InChI=1S/C13H18O7/c1-5-17-9-8(10(14)18-6-2)13(4,20-11(9)15)12(16)19-7-3/h5-7H2,1-4H3. The lowest BCUT2D eigenvalue weighted by Crippen LogP contribution is -2.42. The van der Waals surface area contributed by atoms with Crippen molar-refractivity contribution in [1.82, 2.24) is 0 Å². The molecule has 112 valence electrons. The van der Waals surface area contributed by atoms with E-state index in [1.807, 2.05) is 0 Å². The summed E-state index contributed by atoms with van der Waals surface area (Å²) in [5.74, 6) is -2.87. The minimum atomic E-state index is -1.84. The van der Waals surface area contributed by atoms with Gasteiger partial charge in [-0.1, -0.05) is 0 Å². The molecule has 20 heavy (non-hydrogen) atoms. The van der Waals surface area contributed by atoms with Gasteiger partial charge in [0.05, 0.1) is 19.8 Å². The summed E-state index contributed by atoms with van der Waals surface area (Å²) in [5, 5.41) is 0. The molecular weight excluding hydrogens is 268 g/mol. The molecule has 0 aromatic rings. The molecule has 0 bridgehead atoms. The van der Waals surface area contributed by atoms with Gasteiger partial charge in [-0.3, -0.25) is 0 Å². The lowest BCUT2D eigenvalue weighted by molar-refractivity contribution is -0.172. The van der Waals surface area contributed by atoms with Gasteiger partial charge < -0.3 is 18.9 Å². The maximum atomic E-state index is 12.0. The Morgan fingerprint density at radius 2 is 1.70 bits per heavy atom. The van der Waals surface area contributed by atoms with Crippen LogP contribution in [-0.2, 0) is 33.3 Å². The second kappa shape index (κ2) is 6.40. The molecule has 0 spiro atoms. The first-order valence-electron chi connectivity index (χ1n) is 6.37. The van der Waals surface area contributed by atoms with Crippen molar-refractivity contribution in [2.45, 2.75) is 33.3 Å². The van der Waals surface area contributed by atoms with Crippen LogP contribution < -0.4 is 0 Å². The fraction of sp³-hybridized carbons (Fsp3) is 0.615. The van der Waals surface area contributed by atoms with Crippen LogP contribution in [0.3, 0.4) is 0 Å². The van der Waals surface area contributed by atoms with Gasteiger partial charge in [0.15, 0.2) is 0 Å². The van der Waals surface area contributed by atoms with Gasteiger partial charge in [-0.05, 0) is 27.7 Å². The molecule has 7 nitrogen and oxygen atoms in total. The van der Waals surface area contributed by atoms with E-state index in [-0.39, 0.29) is 31.2 Å². The molecule has 0 aromatic heterocycles. The molecule has 0 radical (unpaired) electrons. The molecule has 1 heterocycles. The molecule has 0 fully saturated rings. The van der Waals surface area contributed by atoms with Crippen LogP contribution >= 0.6 is 0 Å². The summed E-state index contributed by atoms with van der Waals surface area (Å²) in [6.45, 7) is 6.46. The summed E-state index contributed by atoms with van der Waals surface area (Å²) in [6, 6.07) is 0. The molecule has 0 N–H and O–H groups in total. The predicted octanol–water partition coefficient (Wildman–Crippen LogP) is 0.719. The first-order valence-corrected chi connectivity index (χ1v) is 6.37. The van der Waals surface area contributed by atoms with E-state index in [9.17, 15) is 14.4 Å². The molecule has 1 aliphatic rings. The molecular formula is C13H18O7. The number of cyclic esters (lactones) is 1. The van der Waals surface area contributed by atoms with Crippen LogP contribution in [0.2, 0.25) is 0 Å². The smallest absolute Gasteiger partial charge is 0.375 e. The van der Waals surface area contributed by atoms with Gasteiger partial charge >= 0.3 is 17.9 Å². The Morgan fingerprint density at radius 3 is 2.20 bits per heavy atom. The van der Waals surface area contributed by atoms with Gasteiger partial charge in [0, 0.05) is 0 Å². The molecule has 1 unspecified atom stereocenters. The largest absolute Gasteiger partial charge is 0.486 e. The van der Waals surface area contributed by atoms with Crippen LogP contribution in [0, 0.1) is 0 Å². The van der Waals surface area contributed by atoms with Crippen molar-refractivity contribution < 1.29 is 33.3 Å². The molecule has 1 aliphatic heterocycles. The summed E-state index contributed by atoms with van der Waals surface area (Å²) in [4.78, 5) is 35.8. The maximum Gasteiger partial charge on any atom is 0.375 e. The fourth-order valence-electron chi connectivity index (χ4n) is 1.78. The van der Waals surface area contributed by atoms with Crippen LogP contribution in [0.15, 0.2) is 11.3 Å². The summed E-state index contributed by atoms with van der Waals surface area (Å²) in [5.41, 5.74) is -2.10. The zero-order valence-corrected chi connectivity index (χ0v) is 12.0. The zero-order valence-electron chi connectivity index (χ0n) is 12.0. The number of rotatable bonds is 6. The number of hydrogen-bond donors (Lipinski definition) is 0. The molecule has 0 saturated heterocycles. The highest BCUT2D eigenvalue weighted by Gasteiger charge is 2.56. The Bertz CT molecular complexity index is 452. The first-order chi connectivity index (χ1) is 9.42. The number of carbonyl (C=O) groups excluding carboxylic acids is 3. The van der Waals surface area contributed by atoms with E-state index in [2.05, 4.69) is 0 Å². The lowest BCUT2D eigenvalue weighted by atomic mass is 9.96. The van der Waals surface area contributed by atoms with E-state index >= 15 is 0 Å². The van der Waals surface area contributed by atoms with E-state index in [0.29, 0.717) is 0 Å². The third-order valence-electron chi connectivity index (χ3n) is 2.62. The molecule has 7 heteroatoms. The zero-order chi connectivity index (χ0) is 15.3. The quantitative estimate of drug-likeness (QED) is 0.525. The normalized spacial score (nSPS) is 21.5. The number of carbonyl (C=O) groups is 3. The van der Waals surface area contributed by atoms with Crippen molar-refractivity contribution in [3.8, 4) is 0 Å². The van der Waals surface area contributed by atoms with Crippen LogP contribution in [0.25, 0.3) is 0 Å². The predicted molar refractivity (Wildman–Crippen MR) is 66.4 cm³/mol. The molecule has 0 amide bonds. The molecule has 0 aromatic carbocycles.